The van der Waals surface area contributed by atoms with Crippen LogP contribution in [0.1, 0.15) is 5.56 Å². The van der Waals surface area contributed by atoms with Crippen molar-refractivity contribution in [3.8, 4) is 5.75 Å². The molecule has 41 heavy (non-hydrogen) atoms. The molecule has 1 aromatic rings. The molecule has 0 aliphatic carbocycles. The second-order valence-electron chi connectivity index (χ2n) is 10.3. The second-order valence-corrected chi connectivity index (χ2v) is 10.3. The first kappa shape index (κ1) is 32.3. The monoisotopic (exact) mass is 594 g/mol. The minimum Gasteiger partial charge on any atom is -0.462 e. The van der Waals surface area contributed by atoms with Crippen molar-refractivity contribution in [3.05, 3.63) is 29.8 Å². The van der Waals surface area contributed by atoms with Crippen LogP contribution in [0.15, 0.2) is 24.3 Å². The Morgan fingerprint density at radius 3 is 1.95 bits per heavy atom. The van der Waals surface area contributed by atoms with Gasteiger partial charge in [-0.3, -0.25) is 0 Å². The number of hydrogen-bond donors (Lipinski definition) is 10. The van der Waals surface area contributed by atoms with Crippen molar-refractivity contribution in [2.75, 3.05) is 33.0 Å². The molecule has 1 aromatic carbocycles. The molecule has 13 unspecified atom stereocenters. The second kappa shape index (κ2) is 13.8. The molecule has 3 aliphatic heterocycles. The Morgan fingerprint density at radius 2 is 1.34 bits per heavy atom. The molecular formula is C25H38O16. The number of hydrogen-bond acceptors (Lipinski definition) is 16. The zero-order valence-electron chi connectivity index (χ0n) is 21.9. The Balaban J connectivity index is 1.27. The van der Waals surface area contributed by atoms with Gasteiger partial charge in [0.2, 0.25) is 6.29 Å². The highest BCUT2D eigenvalue weighted by molar-refractivity contribution is 5.27. The summed E-state index contributed by atoms with van der Waals surface area (Å²) in [5, 5.41) is 99.4. The molecule has 4 rings (SSSR count). The minimum atomic E-state index is -1.91. The highest BCUT2D eigenvalue weighted by Gasteiger charge is 2.50. The fourth-order valence-electron chi connectivity index (χ4n) is 4.64. The molecule has 3 saturated heterocycles. The smallest absolute Gasteiger partial charge is 0.229 e. The summed E-state index contributed by atoms with van der Waals surface area (Å²) in [5.74, 6) is 0.249. The van der Waals surface area contributed by atoms with Crippen LogP contribution in [0.25, 0.3) is 0 Å². The number of aliphatic hydroxyl groups is 10. The van der Waals surface area contributed by atoms with Crippen LogP contribution in [-0.2, 0) is 30.1 Å². The zero-order chi connectivity index (χ0) is 29.9. The molecule has 10 N–H and O–H groups in total. The van der Waals surface area contributed by atoms with Crippen molar-refractivity contribution >= 4 is 0 Å². The lowest BCUT2D eigenvalue weighted by Gasteiger charge is -2.40. The lowest BCUT2D eigenvalue weighted by Crippen LogP contribution is -2.60. The van der Waals surface area contributed by atoms with Crippen LogP contribution in [-0.4, -0.2) is 164 Å². The summed E-state index contributed by atoms with van der Waals surface area (Å²) in [4.78, 5) is 0. The Bertz CT molecular complexity index is 950. The fourth-order valence-corrected chi connectivity index (χ4v) is 4.64. The summed E-state index contributed by atoms with van der Waals surface area (Å²) < 4.78 is 32.6. The molecule has 3 heterocycles. The molecule has 0 spiro atoms. The van der Waals surface area contributed by atoms with E-state index in [1.165, 1.54) is 0 Å². The van der Waals surface area contributed by atoms with Crippen molar-refractivity contribution in [1.29, 1.82) is 0 Å². The standard InChI is InChI=1S/C25H38O16/c26-7-13-15(28)17(30)19(32)22(40-13)36-6-5-11-1-3-12(4-2-11)39-23-20(33)18(31)16(29)14(41-23)8-37-24-21(34)25(35,9-27)10-38-24/h1-4,13-24,26-35H,5-10H2. The van der Waals surface area contributed by atoms with Crippen molar-refractivity contribution in [2.45, 2.75) is 85.8 Å². The number of aliphatic hydroxyl groups excluding tert-OH is 9. The third-order valence-corrected chi connectivity index (χ3v) is 7.37. The van der Waals surface area contributed by atoms with E-state index in [4.69, 9.17) is 28.4 Å². The summed E-state index contributed by atoms with van der Waals surface area (Å²) in [6.07, 6.45) is -16.9. The van der Waals surface area contributed by atoms with Crippen molar-refractivity contribution in [2.24, 2.45) is 0 Å². The highest BCUT2D eigenvalue weighted by Crippen LogP contribution is 2.29. The van der Waals surface area contributed by atoms with Crippen molar-refractivity contribution in [3.63, 3.8) is 0 Å². The van der Waals surface area contributed by atoms with E-state index >= 15 is 0 Å². The van der Waals surface area contributed by atoms with Gasteiger partial charge in [0.05, 0.1) is 33.0 Å². The van der Waals surface area contributed by atoms with Crippen LogP contribution in [0.2, 0.25) is 0 Å². The molecular weight excluding hydrogens is 556 g/mol. The Labute approximate surface area is 234 Å². The lowest BCUT2D eigenvalue weighted by atomic mass is 9.99. The van der Waals surface area contributed by atoms with E-state index in [9.17, 15) is 51.1 Å². The third-order valence-electron chi connectivity index (χ3n) is 7.37. The van der Waals surface area contributed by atoms with Gasteiger partial charge in [-0.05, 0) is 24.1 Å². The van der Waals surface area contributed by atoms with E-state index in [2.05, 4.69) is 0 Å². The highest BCUT2D eigenvalue weighted by atomic mass is 16.7. The summed E-state index contributed by atoms with van der Waals surface area (Å²) in [5.41, 5.74) is -1.14. The maximum absolute atomic E-state index is 10.4. The normalized spacial score (nSPS) is 43.3. The Kier molecular flexibility index (Phi) is 10.9. The largest absolute Gasteiger partial charge is 0.462 e. The molecule has 0 aromatic heterocycles. The minimum absolute atomic E-state index is 0.0637. The van der Waals surface area contributed by atoms with Gasteiger partial charge in [0.25, 0.3) is 0 Å². The Hall–Kier alpha value is -1.58. The van der Waals surface area contributed by atoms with Gasteiger partial charge in [-0.15, -0.1) is 0 Å². The summed E-state index contributed by atoms with van der Waals surface area (Å²) >= 11 is 0. The third kappa shape index (κ3) is 7.15. The predicted octanol–water partition coefficient (Wildman–Crippen LogP) is -5.31. The van der Waals surface area contributed by atoms with Gasteiger partial charge in [-0.2, -0.15) is 0 Å². The molecule has 0 saturated carbocycles. The van der Waals surface area contributed by atoms with Crippen LogP contribution in [0.4, 0.5) is 0 Å². The fraction of sp³-hybridized carbons (Fsp3) is 0.760. The quantitative estimate of drug-likeness (QED) is 0.115. The van der Waals surface area contributed by atoms with Crippen molar-refractivity contribution in [1.82, 2.24) is 0 Å². The summed E-state index contributed by atoms with van der Waals surface area (Å²) in [6.45, 7) is -2.06. The van der Waals surface area contributed by atoms with Gasteiger partial charge in [0, 0.05) is 0 Å². The zero-order valence-corrected chi connectivity index (χ0v) is 21.9. The van der Waals surface area contributed by atoms with Gasteiger partial charge in [-0.25, -0.2) is 0 Å². The number of benzene rings is 1. The van der Waals surface area contributed by atoms with Gasteiger partial charge in [0.15, 0.2) is 12.6 Å². The van der Waals surface area contributed by atoms with Crippen LogP contribution in [0, 0.1) is 0 Å². The number of rotatable bonds is 11. The number of ether oxygens (including phenoxy) is 6. The average molecular weight is 595 g/mol. The van der Waals surface area contributed by atoms with Gasteiger partial charge in [-0.1, -0.05) is 12.1 Å². The summed E-state index contributed by atoms with van der Waals surface area (Å²) in [6, 6.07) is 6.46. The van der Waals surface area contributed by atoms with E-state index < -0.39 is 99.2 Å². The molecule has 0 amide bonds. The topological polar surface area (TPSA) is 258 Å². The van der Waals surface area contributed by atoms with Gasteiger partial charge < -0.3 is 79.5 Å². The molecule has 16 nitrogen and oxygen atoms in total. The molecule has 3 fully saturated rings. The molecule has 0 bridgehead atoms. The first-order chi connectivity index (χ1) is 19.5. The predicted molar refractivity (Wildman–Crippen MR) is 131 cm³/mol. The van der Waals surface area contributed by atoms with E-state index in [1.807, 2.05) is 0 Å². The lowest BCUT2D eigenvalue weighted by molar-refractivity contribution is -0.300. The maximum atomic E-state index is 10.4. The van der Waals surface area contributed by atoms with E-state index in [0.29, 0.717) is 6.42 Å². The summed E-state index contributed by atoms with van der Waals surface area (Å²) in [7, 11) is 0. The molecule has 16 heteroatoms. The van der Waals surface area contributed by atoms with Crippen LogP contribution >= 0.6 is 0 Å². The molecule has 234 valence electrons. The molecule has 3 aliphatic rings. The molecule has 0 radical (unpaired) electrons. The van der Waals surface area contributed by atoms with Gasteiger partial charge >= 0.3 is 0 Å². The van der Waals surface area contributed by atoms with Crippen LogP contribution in [0.5, 0.6) is 5.75 Å². The maximum Gasteiger partial charge on any atom is 0.229 e. The van der Waals surface area contributed by atoms with Crippen LogP contribution < -0.4 is 4.74 Å². The Morgan fingerprint density at radius 1 is 0.732 bits per heavy atom. The van der Waals surface area contributed by atoms with E-state index in [1.54, 1.807) is 24.3 Å². The van der Waals surface area contributed by atoms with E-state index in [-0.39, 0.29) is 19.0 Å². The van der Waals surface area contributed by atoms with Crippen LogP contribution in [0.3, 0.4) is 0 Å². The van der Waals surface area contributed by atoms with Crippen molar-refractivity contribution < 1.29 is 79.5 Å². The average Bonchev–Trinajstić information content (AvgIpc) is 3.26. The van der Waals surface area contributed by atoms with Gasteiger partial charge in [0.1, 0.15) is 66.3 Å². The first-order valence-electron chi connectivity index (χ1n) is 13.1. The first-order valence-corrected chi connectivity index (χ1v) is 13.1. The SMILES string of the molecule is OCC1OC(OCCc2ccc(OC3OC(COC4OCC(O)(CO)C4O)C(O)C(O)C3O)cc2)C(O)C(O)C1O. The van der Waals surface area contributed by atoms with E-state index in [0.717, 1.165) is 5.56 Å². The molecule has 13 atom stereocenters.